The molecule has 0 amide bonds. The van der Waals surface area contributed by atoms with Gasteiger partial charge in [-0.25, -0.2) is 12.8 Å². The molecular weight excluding hydrogens is 243 g/mol. The number of rotatable bonds is 2. The fourth-order valence-electron chi connectivity index (χ4n) is 2.21. The van der Waals surface area contributed by atoms with Gasteiger partial charge in [-0.1, -0.05) is 6.42 Å². The average molecular weight is 258 g/mol. The van der Waals surface area contributed by atoms with Crippen LogP contribution >= 0.6 is 0 Å². The van der Waals surface area contributed by atoms with Crippen molar-refractivity contribution < 1.29 is 17.9 Å². The molecule has 0 radical (unpaired) electrons. The normalized spacial score (nSPS) is 20.1. The summed E-state index contributed by atoms with van der Waals surface area (Å²) in [5, 5.41) is 10.2. The zero-order valence-corrected chi connectivity index (χ0v) is 10.2. The Kier molecular flexibility index (Phi) is 3.23. The van der Waals surface area contributed by atoms with Crippen molar-refractivity contribution in [3.05, 3.63) is 30.1 Å². The first kappa shape index (κ1) is 12.5. The summed E-state index contributed by atoms with van der Waals surface area (Å²) < 4.78 is 37.3. The minimum atomic E-state index is -3.79. The predicted octanol–water partition coefficient (Wildman–Crippen LogP) is 2.25. The Balaban J connectivity index is 2.38. The van der Waals surface area contributed by atoms with E-state index in [2.05, 4.69) is 0 Å². The topological polar surface area (TPSA) is 54.4 Å². The SMILES string of the molecule is O=S(=O)(c1ccc(F)cc1)C1(O)CCCCC1. The number of hydrogen-bond acceptors (Lipinski definition) is 3. The fraction of sp³-hybridized carbons (Fsp3) is 0.500. The highest BCUT2D eigenvalue weighted by molar-refractivity contribution is 7.92. The van der Waals surface area contributed by atoms with Gasteiger partial charge in [-0.15, -0.1) is 0 Å². The Labute approximate surface area is 100 Å². The van der Waals surface area contributed by atoms with Crippen LogP contribution in [0.1, 0.15) is 32.1 Å². The van der Waals surface area contributed by atoms with Crippen LogP contribution in [0.4, 0.5) is 4.39 Å². The van der Waals surface area contributed by atoms with E-state index in [1.54, 1.807) is 0 Å². The molecular formula is C12H15FO3S. The maximum absolute atomic E-state index is 12.8. The van der Waals surface area contributed by atoms with Gasteiger partial charge in [0.05, 0.1) is 4.90 Å². The largest absolute Gasteiger partial charge is 0.374 e. The van der Waals surface area contributed by atoms with Crippen molar-refractivity contribution >= 4 is 9.84 Å². The van der Waals surface area contributed by atoms with E-state index in [9.17, 15) is 17.9 Å². The third kappa shape index (κ3) is 2.21. The first-order valence-corrected chi connectivity index (χ1v) is 7.17. The van der Waals surface area contributed by atoms with Crippen LogP contribution in [0.3, 0.4) is 0 Å². The molecule has 0 unspecified atom stereocenters. The van der Waals surface area contributed by atoms with Gasteiger partial charge >= 0.3 is 0 Å². The maximum Gasteiger partial charge on any atom is 0.207 e. The molecule has 1 aliphatic carbocycles. The fourth-order valence-corrected chi connectivity index (χ4v) is 3.97. The molecule has 1 saturated carbocycles. The average Bonchev–Trinajstić information content (AvgIpc) is 2.30. The van der Waals surface area contributed by atoms with E-state index in [-0.39, 0.29) is 17.7 Å². The zero-order chi connectivity index (χ0) is 12.5. The van der Waals surface area contributed by atoms with E-state index in [1.165, 1.54) is 12.1 Å². The van der Waals surface area contributed by atoms with Crippen LogP contribution in [0.25, 0.3) is 0 Å². The highest BCUT2D eigenvalue weighted by Crippen LogP contribution is 2.36. The minimum absolute atomic E-state index is 0.0108. The van der Waals surface area contributed by atoms with Crippen LogP contribution in [-0.4, -0.2) is 18.5 Å². The van der Waals surface area contributed by atoms with Crippen molar-refractivity contribution in [3.8, 4) is 0 Å². The third-order valence-electron chi connectivity index (χ3n) is 3.26. The van der Waals surface area contributed by atoms with E-state index < -0.39 is 20.6 Å². The molecule has 1 fully saturated rings. The number of halogens is 1. The van der Waals surface area contributed by atoms with E-state index in [0.717, 1.165) is 18.6 Å². The summed E-state index contributed by atoms with van der Waals surface area (Å²) in [5.41, 5.74) is 0. The Morgan fingerprint density at radius 2 is 1.59 bits per heavy atom. The second-order valence-electron chi connectivity index (χ2n) is 4.46. The predicted molar refractivity (Wildman–Crippen MR) is 61.6 cm³/mol. The highest BCUT2D eigenvalue weighted by Gasteiger charge is 2.43. The Bertz CT molecular complexity index is 487. The minimum Gasteiger partial charge on any atom is -0.374 e. The summed E-state index contributed by atoms with van der Waals surface area (Å²) in [6, 6.07) is 4.60. The van der Waals surface area contributed by atoms with Gasteiger partial charge in [0.2, 0.25) is 9.84 Å². The van der Waals surface area contributed by atoms with Crippen molar-refractivity contribution in [2.24, 2.45) is 0 Å². The molecule has 0 bridgehead atoms. The molecule has 94 valence electrons. The summed E-state index contributed by atoms with van der Waals surface area (Å²) in [6.45, 7) is 0. The van der Waals surface area contributed by atoms with Crippen LogP contribution in [0.15, 0.2) is 29.2 Å². The monoisotopic (exact) mass is 258 g/mol. The van der Waals surface area contributed by atoms with E-state index in [0.29, 0.717) is 12.8 Å². The summed E-state index contributed by atoms with van der Waals surface area (Å²) in [5.74, 6) is -0.486. The first-order chi connectivity index (χ1) is 7.96. The molecule has 0 heterocycles. The lowest BCUT2D eigenvalue weighted by atomic mass is 9.97. The molecule has 0 aromatic heterocycles. The standard InChI is InChI=1S/C12H15FO3S/c13-10-4-6-11(7-5-10)17(15,16)12(14)8-2-1-3-9-12/h4-7,14H,1-3,8-9H2. The quantitative estimate of drug-likeness (QED) is 0.828. The van der Waals surface area contributed by atoms with Crippen molar-refractivity contribution in [3.63, 3.8) is 0 Å². The number of sulfone groups is 1. The van der Waals surface area contributed by atoms with Crippen molar-refractivity contribution in [2.45, 2.75) is 41.9 Å². The van der Waals surface area contributed by atoms with Crippen LogP contribution in [0.5, 0.6) is 0 Å². The lowest BCUT2D eigenvalue weighted by Gasteiger charge is -2.31. The number of aliphatic hydroxyl groups is 1. The smallest absolute Gasteiger partial charge is 0.207 e. The van der Waals surface area contributed by atoms with Gasteiger partial charge in [0.15, 0.2) is 4.93 Å². The van der Waals surface area contributed by atoms with Crippen molar-refractivity contribution in [2.75, 3.05) is 0 Å². The second kappa shape index (κ2) is 4.38. The van der Waals surface area contributed by atoms with Gasteiger partial charge in [-0.3, -0.25) is 0 Å². The summed E-state index contributed by atoms with van der Waals surface area (Å²) >= 11 is 0. The summed E-state index contributed by atoms with van der Waals surface area (Å²) in [6.07, 6.45) is 2.87. The summed E-state index contributed by atoms with van der Waals surface area (Å²) in [7, 11) is -3.79. The van der Waals surface area contributed by atoms with E-state index >= 15 is 0 Å². The van der Waals surface area contributed by atoms with Crippen LogP contribution in [0.2, 0.25) is 0 Å². The van der Waals surface area contributed by atoms with Crippen LogP contribution in [-0.2, 0) is 9.84 Å². The molecule has 3 nitrogen and oxygen atoms in total. The second-order valence-corrected chi connectivity index (χ2v) is 6.70. The first-order valence-electron chi connectivity index (χ1n) is 5.68. The molecule has 17 heavy (non-hydrogen) atoms. The van der Waals surface area contributed by atoms with Crippen LogP contribution < -0.4 is 0 Å². The van der Waals surface area contributed by atoms with E-state index in [4.69, 9.17) is 0 Å². The van der Waals surface area contributed by atoms with Gasteiger partial charge in [-0.2, -0.15) is 0 Å². The lowest BCUT2D eigenvalue weighted by Crippen LogP contribution is -2.40. The van der Waals surface area contributed by atoms with Gasteiger partial charge in [-0.05, 0) is 49.9 Å². The Hall–Kier alpha value is -0.940. The number of benzene rings is 1. The molecule has 1 aromatic carbocycles. The molecule has 1 aromatic rings. The van der Waals surface area contributed by atoms with Gasteiger partial charge < -0.3 is 5.11 Å². The zero-order valence-electron chi connectivity index (χ0n) is 9.39. The molecule has 0 atom stereocenters. The lowest BCUT2D eigenvalue weighted by molar-refractivity contribution is 0.0829. The highest BCUT2D eigenvalue weighted by atomic mass is 32.2. The van der Waals surface area contributed by atoms with Crippen molar-refractivity contribution in [1.29, 1.82) is 0 Å². The molecule has 0 aliphatic heterocycles. The summed E-state index contributed by atoms with van der Waals surface area (Å²) in [4.78, 5) is -1.69. The van der Waals surface area contributed by atoms with Gasteiger partial charge in [0.1, 0.15) is 5.82 Å². The Morgan fingerprint density at radius 1 is 1.06 bits per heavy atom. The number of hydrogen-bond donors (Lipinski definition) is 1. The van der Waals surface area contributed by atoms with Gasteiger partial charge in [0, 0.05) is 0 Å². The van der Waals surface area contributed by atoms with Crippen LogP contribution in [0, 0.1) is 5.82 Å². The molecule has 0 spiro atoms. The molecule has 5 heteroatoms. The Morgan fingerprint density at radius 3 is 2.12 bits per heavy atom. The van der Waals surface area contributed by atoms with Crippen molar-refractivity contribution in [1.82, 2.24) is 0 Å². The molecule has 1 N–H and O–H groups in total. The third-order valence-corrected chi connectivity index (χ3v) is 5.56. The van der Waals surface area contributed by atoms with E-state index in [1.807, 2.05) is 0 Å². The van der Waals surface area contributed by atoms with Gasteiger partial charge in [0.25, 0.3) is 0 Å². The molecule has 0 saturated heterocycles. The molecule has 1 aliphatic rings. The molecule has 2 rings (SSSR count). The maximum atomic E-state index is 12.8.